The summed E-state index contributed by atoms with van der Waals surface area (Å²) in [5, 5.41) is 8.65. The van der Waals surface area contributed by atoms with Crippen molar-refractivity contribution in [3.05, 3.63) is 95.3 Å². The molecule has 1 fully saturated rings. The summed E-state index contributed by atoms with van der Waals surface area (Å²) in [7, 11) is 5.48. The molecule has 0 radical (unpaired) electrons. The van der Waals surface area contributed by atoms with E-state index < -0.39 is 0 Å². The van der Waals surface area contributed by atoms with Crippen LogP contribution >= 0.6 is 0 Å². The van der Waals surface area contributed by atoms with Gasteiger partial charge in [0.15, 0.2) is 0 Å². The number of nitrogens with one attached hydrogen (secondary N) is 3. The van der Waals surface area contributed by atoms with Gasteiger partial charge in [-0.2, -0.15) is 0 Å². The predicted molar refractivity (Wildman–Crippen MR) is 167 cm³/mol. The maximum absolute atomic E-state index is 13.1. The summed E-state index contributed by atoms with van der Waals surface area (Å²) in [6, 6.07) is 14.6. The lowest BCUT2D eigenvalue weighted by Crippen LogP contribution is -2.41. The van der Waals surface area contributed by atoms with Gasteiger partial charge >= 0.3 is 0 Å². The maximum Gasteiger partial charge on any atom is 0.272 e. The number of hydrogen-bond acceptors (Lipinski definition) is 5. The second-order valence-corrected chi connectivity index (χ2v) is 10.6. The summed E-state index contributed by atoms with van der Waals surface area (Å²) in [4.78, 5) is 40.9. The van der Waals surface area contributed by atoms with E-state index in [4.69, 9.17) is 4.74 Å². The van der Waals surface area contributed by atoms with Crippen molar-refractivity contribution in [3.8, 4) is 0 Å². The van der Waals surface area contributed by atoms with Crippen LogP contribution in [-0.4, -0.2) is 75.7 Å². The first-order valence-corrected chi connectivity index (χ1v) is 14.2. The topological polar surface area (TPSA) is 115 Å². The van der Waals surface area contributed by atoms with Gasteiger partial charge in [-0.3, -0.25) is 19.3 Å². The van der Waals surface area contributed by atoms with Gasteiger partial charge < -0.3 is 34.4 Å². The van der Waals surface area contributed by atoms with Crippen molar-refractivity contribution in [2.45, 2.75) is 0 Å². The first-order chi connectivity index (χ1) is 20.8. The third-order valence-corrected chi connectivity index (χ3v) is 7.41. The van der Waals surface area contributed by atoms with Crippen LogP contribution in [0.5, 0.6) is 0 Å². The second kappa shape index (κ2) is 13.4. The maximum atomic E-state index is 13.1. The van der Waals surface area contributed by atoms with Gasteiger partial charge in [0.05, 0.1) is 24.6 Å². The molecule has 3 N–H and O–H groups in total. The van der Waals surface area contributed by atoms with Gasteiger partial charge in [-0.25, -0.2) is 0 Å². The number of carbonyl (C=O) groups excluding carboxylic acids is 3. The van der Waals surface area contributed by atoms with Crippen molar-refractivity contribution in [1.29, 1.82) is 0 Å². The predicted octanol–water partition coefficient (Wildman–Crippen LogP) is 3.44. The molecule has 0 atom stereocenters. The first-order valence-electron chi connectivity index (χ1n) is 14.2. The number of aromatic nitrogens is 3. The molecule has 0 unspecified atom stereocenters. The van der Waals surface area contributed by atoms with Gasteiger partial charge in [-0.15, -0.1) is 0 Å². The highest BCUT2D eigenvalue weighted by Crippen LogP contribution is 2.19. The molecule has 5 rings (SSSR count). The van der Waals surface area contributed by atoms with Crippen molar-refractivity contribution in [2.24, 2.45) is 21.1 Å². The fraction of sp³-hybridized carbons (Fsp3) is 0.281. The fourth-order valence-electron chi connectivity index (χ4n) is 4.93. The van der Waals surface area contributed by atoms with Gasteiger partial charge in [0, 0.05) is 77.2 Å². The highest BCUT2D eigenvalue weighted by atomic mass is 16.5. The third kappa shape index (κ3) is 7.51. The number of ether oxygens (including phenoxy) is 1. The normalized spacial score (nSPS) is 13.7. The number of aryl methyl sites for hydroxylation is 3. The molecule has 4 heterocycles. The molecule has 0 saturated carbocycles. The Morgan fingerprint density at radius 1 is 0.791 bits per heavy atom. The number of rotatable bonds is 10. The van der Waals surface area contributed by atoms with E-state index in [-0.39, 0.29) is 17.7 Å². The Morgan fingerprint density at radius 2 is 1.42 bits per heavy atom. The van der Waals surface area contributed by atoms with Crippen molar-refractivity contribution >= 4 is 41.2 Å². The molecule has 1 aliphatic rings. The molecule has 3 amide bonds. The van der Waals surface area contributed by atoms with E-state index >= 15 is 0 Å². The molecular formula is C32H37N7O4. The van der Waals surface area contributed by atoms with Gasteiger partial charge in [0.25, 0.3) is 17.7 Å². The monoisotopic (exact) mass is 583 g/mol. The Labute approximate surface area is 250 Å². The Hall–Kier alpha value is -4.87. The molecule has 1 aliphatic heterocycles. The zero-order valence-electron chi connectivity index (χ0n) is 24.7. The molecule has 0 bridgehead atoms. The molecule has 11 heteroatoms. The number of anilines is 2. The van der Waals surface area contributed by atoms with Crippen molar-refractivity contribution in [2.75, 3.05) is 50.0 Å². The van der Waals surface area contributed by atoms with E-state index in [2.05, 4.69) is 20.9 Å². The summed E-state index contributed by atoms with van der Waals surface area (Å²) >= 11 is 0. The zero-order chi connectivity index (χ0) is 30.3. The highest BCUT2D eigenvalue weighted by Gasteiger charge is 2.18. The second-order valence-electron chi connectivity index (χ2n) is 10.6. The number of amides is 3. The lowest BCUT2D eigenvalue weighted by molar-refractivity contribution is 0.0383. The lowest BCUT2D eigenvalue weighted by Gasteiger charge is -2.26. The van der Waals surface area contributed by atoms with Crippen LogP contribution in [0.25, 0.3) is 12.2 Å². The molecular weight excluding hydrogens is 546 g/mol. The van der Waals surface area contributed by atoms with Crippen LogP contribution in [0.3, 0.4) is 0 Å². The Bertz CT molecular complexity index is 1620. The SMILES string of the molecule is Cn1cccc1/C=C/c1ccc(C(=O)Nc2cc(C(=O)Nc3cc(C(=O)NCCN4CCOCC4)n(C)c3)n(C)c2)cc1. The first kappa shape index (κ1) is 29.6. The van der Waals surface area contributed by atoms with E-state index in [1.54, 1.807) is 59.9 Å². The quantitative estimate of drug-likeness (QED) is 0.265. The van der Waals surface area contributed by atoms with Crippen molar-refractivity contribution < 1.29 is 19.1 Å². The third-order valence-electron chi connectivity index (χ3n) is 7.41. The Morgan fingerprint density at radius 3 is 2.05 bits per heavy atom. The fourth-order valence-corrected chi connectivity index (χ4v) is 4.93. The smallest absolute Gasteiger partial charge is 0.272 e. The Balaban J connectivity index is 1.15. The van der Waals surface area contributed by atoms with Crippen LogP contribution in [0.15, 0.2) is 67.1 Å². The minimum Gasteiger partial charge on any atom is -0.379 e. The van der Waals surface area contributed by atoms with Gasteiger partial charge in [-0.05, 0) is 48.0 Å². The summed E-state index contributed by atoms with van der Waals surface area (Å²) in [6.45, 7) is 4.44. The number of hydrogen-bond donors (Lipinski definition) is 3. The lowest BCUT2D eigenvalue weighted by atomic mass is 10.1. The average Bonchev–Trinajstić information content (AvgIpc) is 3.70. The number of nitrogens with zero attached hydrogens (tertiary/aromatic N) is 4. The van der Waals surface area contributed by atoms with Gasteiger partial charge in [0.2, 0.25) is 0 Å². The molecule has 224 valence electrons. The van der Waals surface area contributed by atoms with E-state index in [1.807, 2.05) is 54.2 Å². The number of carbonyl (C=O) groups is 3. The van der Waals surface area contributed by atoms with Gasteiger partial charge in [0.1, 0.15) is 11.4 Å². The van der Waals surface area contributed by atoms with Crippen LogP contribution in [0.4, 0.5) is 11.4 Å². The van der Waals surface area contributed by atoms with Crippen LogP contribution < -0.4 is 16.0 Å². The summed E-state index contributed by atoms with van der Waals surface area (Å²) < 4.78 is 10.7. The van der Waals surface area contributed by atoms with Crippen molar-refractivity contribution in [1.82, 2.24) is 23.9 Å². The van der Waals surface area contributed by atoms with Crippen LogP contribution in [0, 0.1) is 0 Å². The Kier molecular flexibility index (Phi) is 9.23. The molecule has 11 nitrogen and oxygen atoms in total. The molecule has 43 heavy (non-hydrogen) atoms. The van der Waals surface area contributed by atoms with Crippen LogP contribution in [0.2, 0.25) is 0 Å². The largest absolute Gasteiger partial charge is 0.379 e. The van der Waals surface area contributed by atoms with E-state index in [0.717, 1.165) is 30.9 Å². The molecule has 4 aromatic rings. The zero-order valence-corrected chi connectivity index (χ0v) is 24.7. The minimum atomic E-state index is -0.359. The summed E-state index contributed by atoms with van der Waals surface area (Å²) in [6.07, 6.45) is 9.37. The van der Waals surface area contributed by atoms with Crippen LogP contribution in [0.1, 0.15) is 42.6 Å². The highest BCUT2D eigenvalue weighted by molar-refractivity contribution is 6.07. The molecule has 1 aromatic carbocycles. The standard InChI is InChI=1S/C32H37N7O4/c1-36-13-4-5-27(36)11-8-23-6-9-24(10-7-23)30(40)34-25-20-29(38(3)21-25)32(42)35-26-19-28(37(2)22-26)31(41)33-12-14-39-15-17-43-18-16-39/h4-11,13,19-22H,12,14-18H2,1-3H3,(H,33,41)(H,34,40)(H,35,42)/b11-8+. The van der Waals surface area contributed by atoms with E-state index in [9.17, 15) is 14.4 Å². The van der Waals surface area contributed by atoms with Gasteiger partial charge in [-0.1, -0.05) is 18.2 Å². The summed E-state index contributed by atoms with van der Waals surface area (Å²) in [5.74, 6) is -0.842. The minimum absolute atomic E-state index is 0.208. The molecule has 1 saturated heterocycles. The number of morpholine rings is 1. The molecule has 3 aromatic heterocycles. The van der Waals surface area contributed by atoms with Crippen molar-refractivity contribution in [3.63, 3.8) is 0 Å². The van der Waals surface area contributed by atoms with E-state index in [1.165, 1.54) is 0 Å². The molecule has 0 aliphatic carbocycles. The average molecular weight is 584 g/mol. The summed E-state index contributed by atoms with van der Waals surface area (Å²) in [5.41, 5.74) is 4.36. The van der Waals surface area contributed by atoms with E-state index in [0.29, 0.717) is 48.1 Å². The van der Waals surface area contributed by atoms with Crippen LogP contribution in [-0.2, 0) is 25.9 Å². The number of benzene rings is 1. The molecule has 0 spiro atoms.